The smallest absolute Gasteiger partial charge is 0.229 e. The summed E-state index contributed by atoms with van der Waals surface area (Å²) in [5, 5.41) is 9.57. The van der Waals surface area contributed by atoms with Crippen LogP contribution in [0.1, 0.15) is 63.1 Å². The molecule has 1 aromatic heterocycles. The third-order valence-electron chi connectivity index (χ3n) is 6.87. The van der Waals surface area contributed by atoms with E-state index < -0.39 is 15.1 Å². The number of sulfone groups is 1. The van der Waals surface area contributed by atoms with Gasteiger partial charge in [0.25, 0.3) is 0 Å². The van der Waals surface area contributed by atoms with Gasteiger partial charge >= 0.3 is 0 Å². The average Bonchev–Trinajstić information content (AvgIpc) is 2.87. The minimum atomic E-state index is -3.55. The number of halogens is 1. The van der Waals surface area contributed by atoms with Crippen molar-refractivity contribution in [2.75, 3.05) is 23.7 Å². The molecule has 3 N–H and O–H groups in total. The van der Waals surface area contributed by atoms with Crippen molar-refractivity contribution >= 4 is 44.6 Å². The van der Waals surface area contributed by atoms with Gasteiger partial charge in [0, 0.05) is 0 Å². The van der Waals surface area contributed by atoms with Crippen LogP contribution in [-0.4, -0.2) is 42.8 Å². The van der Waals surface area contributed by atoms with Crippen molar-refractivity contribution < 1.29 is 13.2 Å². The molecule has 0 amide bonds. The number of piperidine rings is 1. The molecular weight excluding hydrogens is 534 g/mol. The van der Waals surface area contributed by atoms with Crippen LogP contribution in [0.25, 0.3) is 0 Å². The van der Waals surface area contributed by atoms with Crippen molar-refractivity contribution in [1.29, 1.82) is 0 Å². The van der Waals surface area contributed by atoms with Crippen LogP contribution in [0.2, 0.25) is 5.02 Å². The Morgan fingerprint density at radius 2 is 1.74 bits per heavy atom. The van der Waals surface area contributed by atoms with Gasteiger partial charge in [-0.15, -0.1) is 0 Å². The van der Waals surface area contributed by atoms with Gasteiger partial charge in [-0.2, -0.15) is 4.98 Å². The number of hydrogen-bond acceptors (Lipinski definition) is 8. The number of ether oxygens (including phenoxy) is 1. The highest BCUT2D eigenvalue weighted by Crippen LogP contribution is 2.38. The standard InChI is InChI=1S/C29H38ClN5O3S/c1-17(2)38-26-15-22(21-10-12-31-13-11-21)20(6)14-25(26)34-29-32-16-23(30)28(35-29)33-24-9-7-8-19(5)27(24)39(36,37)18(3)4/h7-9,14-18,21,31H,10-13H2,1-6H3,(H2,32,33,34,35). The molecular formula is C29H38ClN5O3S. The summed E-state index contributed by atoms with van der Waals surface area (Å²) >= 11 is 6.46. The number of nitrogens with zero attached hydrogens (tertiary/aromatic N) is 2. The van der Waals surface area contributed by atoms with E-state index in [0.29, 0.717) is 28.9 Å². The van der Waals surface area contributed by atoms with Crippen molar-refractivity contribution in [3.63, 3.8) is 0 Å². The lowest BCUT2D eigenvalue weighted by molar-refractivity contribution is 0.243. The molecule has 2 heterocycles. The first-order chi connectivity index (χ1) is 18.5. The third kappa shape index (κ3) is 6.65. The molecule has 0 aliphatic carbocycles. The quantitative estimate of drug-likeness (QED) is 0.261. The van der Waals surface area contributed by atoms with Crippen molar-refractivity contribution in [2.24, 2.45) is 0 Å². The summed E-state index contributed by atoms with van der Waals surface area (Å²) in [6.07, 6.45) is 3.67. The van der Waals surface area contributed by atoms with Crippen LogP contribution in [0.4, 0.5) is 23.1 Å². The SMILES string of the molecule is Cc1cc(Nc2ncc(Cl)c(Nc3cccc(C)c3S(=O)(=O)C(C)C)n2)c(OC(C)C)cc1C1CCNCC1. The van der Waals surface area contributed by atoms with Crippen LogP contribution >= 0.6 is 11.6 Å². The molecule has 1 fully saturated rings. The zero-order valence-electron chi connectivity index (χ0n) is 23.4. The predicted molar refractivity (Wildman–Crippen MR) is 159 cm³/mol. The summed E-state index contributed by atoms with van der Waals surface area (Å²) in [6.45, 7) is 13.3. The second-order valence-corrected chi connectivity index (χ2v) is 13.4. The van der Waals surface area contributed by atoms with Gasteiger partial charge in [-0.3, -0.25) is 0 Å². The molecule has 0 saturated carbocycles. The predicted octanol–water partition coefficient (Wildman–Crippen LogP) is 6.67. The van der Waals surface area contributed by atoms with Gasteiger partial charge in [0.15, 0.2) is 15.7 Å². The Labute approximate surface area is 236 Å². The zero-order chi connectivity index (χ0) is 28.3. The van der Waals surface area contributed by atoms with E-state index in [-0.39, 0.29) is 16.0 Å². The van der Waals surface area contributed by atoms with Crippen molar-refractivity contribution in [3.8, 4) is 5.75 Å². The average molecular weight is 572 g/mol. The lowest BCUT2D eigenvalue weighted by Crippen LogP contribution is -2.27. The van der Waals surface area contributed by atoms with E-state index in [2.05, 4.69) is 45.0 Å². The minimum absolute atomic E-state index is 0.0138. The summed E-state index contributed by atoms with van der Waals surface area (Å²) in [4.78, 5) is 9.21. The summed E-state index contributed by atoms with van der Waals surface area (Å²) in [5.41, 5.74) is 4.30. The topological polar surface area (TPSA) is 105 Å². The number of hydrogen-bond donors (Lipinski definition) is 3. The maximum absolute atomic E-state index is 13.1. The van der Waals surface area contributed by atoms with Gasteiger partial charge in [0.05, 0.1) is 33.8 Å². The van der Waals surface area contributed by atoms with E-state index in [1.54, 1.807) is 39.0 Å². The molecule has 10 heteroatoms. The molecule has 0 radical (unpaired) electrons. The number of rotatable bonds is 9. The first-order valence-corrected chi connectivity index (χ1v) is 15.3. The van der Waals surface area contributed by atoms with Crippen molar-refractivity contribution in [3.05, 3.63) is 58.2 Å². The molecule has 0 bridgehead atoms. The molecule has 8 nitrogen and oxygen atoms in total. The third-order valence-corrected chi connectivity index (χ3v) is 9.50. The summed E-state index contributed by atoms with van der Waals surface area (Å²) in [7, 11) is -3.55. The normalized spacial score (nSPS) is 14.6. The monoisotopic (exact) mass is 571 g/mol. The van der Waals surface area contributed by atoms with Gasteiger partial charge in [0.1, 0.15) is 10.8 Å². The highest BCUT2D eigenvalue weighted by molar-refractivity contribution is 7.92. The fourth-order valence-corrected chi connectivity index (χ4v) is 6.41. The number of aryl methyl sites for hydroxylation is 2. The lowest BCUT2D eigenvalue weighted by Gasteiger charge is -2.26. The van der Waals surface area contributed by atoms with E-state index in [4.69, 9.17) is 16.3 Å². The number of anilines is 4. The Morgan fingerprint density at radius 1 is 1.03 bits per heavy atom. The second-order valence-electron chi connectivity index (χ2n) is 10.6. The minimum Gasteiger partial charge on any atom is -0.489 e. The zero-order valence-corrected chi connectivity index (χ0v) is 25.0. The first kappa shape index (κ1) is 29.1. The molecule has 210 valence electrons. The maximum atomic E-state index is 13.1. The van der Waals surface area contributed by atoms with Crippen LogP contribution in [0.15, 0.2) is 41.4 Å². The molecule has 3 aromatic rings. The molecule has 0 unspecified atom stereocenters. The number of nitrogens with one attached hydrogen (secondary N) is 3. The summed E-state index contributed by atoms with van der Waals surface area (Å²) in [6, 6.07) is 9.51. The molecule has 39 heavy (non-hydrogen) atoms. The van der Waals surface area contributed by atoms with E-state index in [9.17, 15) is 8.42 Å². The van der Waals surface area contributed by atoms with Gasteiger partial charge in [-0.25, -0.2) is 13.4 Å². The Kier molecular flexibility index (Phi) is 9.03. The fraction of sp³-hybridized carbons (Fsp3) is 0.448. The van der Waals surface area contributed by atoms with Crippen LogP contribution < -0.4 is 20.7 Å². The van der Waals surface area contributed by atoms with E-state index in [1.165, 1.54) is 17.3 Å². The van der Waals surface area contributed by atoms with E-state index in [1.807, 2.05) is 13.8 Å². The Balaban J connectivity index is 1.68. The van der Waals surface area contributed by atoms with Crippen LogP contribution in [-0.2, 0) is 9.84 Å². The van der Waals surface area contributed by atoms with Crippen LogP contribution in [0.5, 0.6) is 5.75 Å². The van der Waals surface area contributed by atoms with Crippen LogP contribution in [0, 0.1) is 13.8 Å². The Bertz CT molecular complexity index is 1440. The van der Waals surface area contributed by atoms with Crippen LogP contribution in [0.3, 0.4) is 0 Å². The molecule has 0 spiro atoms. The second kappa shape index (κ2) is 12.1. The number of aromatic nitrogens is 2. The molecule has 0 atom stereocenters. The van der Waals surface area contributed by atoms with Gasteiger partial charge in [-0.05, 0) is 108 Å². The summed E-state index contributed by atoms with van der Waals surface area (Å²) < 4.78 is 32.4. The van der Waals surface area contributed by atoms with Gasteiger partial charge in [0.2, 0.25) is 5.95 Å². The van der Waals surface area contributed by atoms with Gasteiger partial charge in [-0.1, -0.05) is 23.7 Å². The maximum Gasteiger partial charge on any atom is 0.229 e. The largest absolute Gasteiger partial charge is 0.489 e. The molecule has 2 aromatic carbocycles. The highest BCUT2D eigenvalue weighted by Gasteiger charge is 2.26. The molecule has 1 aliphatic heterocycles. The van der Waals surface area contributed by atoms with E-state index >= 15 is 0 Å². The fourth-order valence-electron chi connectivity index (χ4n) is 4.85. The van der Waals surface area contributed by atoms with E-state index in [0.717, 1.165) is 37.4 Å². The Morgan fingerprint density at radius 3 is 2.41 bits per heavy atom. The first-order valence-electron chi connectivity index (χ1n) is 13.4. The summed E-state index contributed by atoms with van der Waals surface area (Å²) in [5.74, 6) is 1.84. The van der Waals surface area contributed by atoms with Crippen molar-refractivity contribution in [1.82, 2.24) is 15.3 Å². The lowest BCUT2D eigenvalue weighted by atomic mass is 9.87. The number of benzene rings is 2. The van der Waals surface area contributed by atoms with Gasteiger partial charge < -0.3 is 20.7 Å². The Hall–Kier alpha value is -2.88. The molecule has 4 rings (SSSR count). The molecule has 1 aliphatic rings. The van der Waals surface area contributed by atoms with Crippen molar-refractivity contribution in [2.45, 2.75) is 76.6 Å². The highest BCUT2D eigenvalue weighted by atomic mass is 35.5. The molecule has 1 saturated heterocycles.